The van der Waals surface area contributed by atoms with Gasteiger partial charge < -0.3 is 4.74 Å². The van der Waals surface area contributed by atoms with Crippen LogP contribution in [-0.2, 0) is 4.74 Å². The van der Waals surface area contributed by atoms with Gasteiger partial charge in [0.2, 0.25) is 0 Å². The van der Waals surface area contributed by atoms with E-state index in [1.54, 1.807) is 18.4 Å². The Morgan fingerprint density at radius 2 is 2.55 bits per heavy atom. The number of hydrogen-bond acceptors (Lipinski definition) is 3. The van der Waals surface area contributed by atoms with Crippen molar-refractivity contribution in [3.8, 4) is 0 Å². The maximum atomic E-state index is 5.25. The molecule has 1 unspecified atom stereocenters. The molecule has 62 valence electrons. The fourth-order valence-electron chi connectivity index (χ4n) is 0.860. The van der Waals surface area contributed by atoms with Crippen LogP contribution in [0.15, 0.2) is 5.51 Å². The Morgan fingerprint density at radius 3 is 2.91 bits per heavy atom. The highest BCUT2D eigenvalue weighted by Gasteiger charge is 2.13. The molecule has 0 N–H and O–H groups in total. The maximum Gasteiger partial charge on any atom is 0.103 e. The van der Waals surface area contributed by atoms with Gasteiger partial charge >= 0.3 is 0 Å². The lowest BCUT2D eigenvalue weighted by Crippen LogP contribution is -2.01. The third-order valence-corrected chi connectivity index (χ3v) is 3.11. The minimum atomic E-state index is 0.155. The number of methoxy groups -OCH3 is 1. The van der Waals surface area contributed by atoms with Crippen LogP contribution < -0.4 is 0 Å². The molecule has 0 radical (unpaired) electrons. The smallest absolute Gasteiger partial charge is 0.103 e. The summed E-state index contributed by atoms with van der Waals surface area (Å²) in [6, 6.07) is 0. The Bertz CT molecular complexity index is 222. The lowest BCUT2D eigenvalue weighted by Gasteiger charge is -2.09. The van der Waals surface area contributed by atoms with Crippen molar-refractivity contribution >= 4 is 27.3 Å². The molecule has 4 heteroatoms. The zero-order chi connectivity index (χ0) is 8.27. The molecule has 1 heterocycles. The van der Waals surface area contributed by atoms with Crippen LogP contribution in [-0.4, -0.2) is 17.4 Å². The summed E-state index contributed by atoms with van der Waals surface area (Å²) in [5, 5.41) is 0.826. The number of halogens is 1. The minimum Gasteiger partial charge on any atom is -0.375 e. The quantitative estimate of drug-likeness (QED) is 0.752. The average Bonchev–Trinajstić information content (AvgIpc) is 2.40. The highest BCUT2D eigenvalue weighted by Crippen LogP contribution is 2.25. The number of ether oxygens (including phenoxy) is 1. The molecule has 0 aliphatic carbocycles. The van der Waals surface area contributed by atoms with E-state index in [1.165, 1.54) is 4.88 Å². The van der Waals surface area contributed by atoms with E-state index < -0.39 is 0 Å². The second-order valence-corrected chi connectivity index (χ2v) is 3.71. The van der Waals surface area contributed by atoms with E-state index in [2.05, 4.69) is 20.9 Å². The molecular weight excluding hydrogens is 226 g/mol. The molecule has 0 saturated heterocycles. The Labute approximate surface area is 78.7 Å². The van der Waals surface area contributed by atoms with Gasteiger partial charge in [0.15, 0.2) is 0 Å². The van der Waals surface area contributed by atoms with Crippen LogP contribution in [0.3, 0.4) is 0 Å². The molecule has 2 nitrogen and oxygen atoms in total. The van der Waals surface area contributed by atoms with Gasteiger partial charge in [-0.25, -0.2) is 4.98 Å². The predicted octanol–water partition coefficient (Wildman–Crippen LogP) is 2.53. The van der Waals surface area contributed by atoms with Gasteiger partial charge in [-0.1, -0.05) is 15.9 Å². The summed E-state index contributed by atoms with van der Waals surface area (Å²) < 4.78 is 5.25. The minimum absolute atomic E-state index is 0.155. The first-order chi connectivity index (χ1) is 5.29. The standard InChI is InChI=1S/C7H10BrNOS/c1-5-7(11-4-9-5)6(3-8)10-2/h4,6H,3H2,1-2H3. The number of rotatable bonds is 3. The number of thiazole rings is 1. The Morgan fingerprint density at radius 1 is 1.82 bits per heavy atom. The van der Waals surface area contributed by atoms with Crippen molar-refractivity contribution in [1.82, 2.24) is 4.98 Å². The van der Waals surface area contributed by atoms with Gasteiger partial charge in [-0.05, 0) is 6.92 Å². The van der Waals surface area contributed by atoms with E-state index in [0.717, 1.165) is 11.0 Å². The van der Waals surface area contributed by atoms with E-state index in [0.29, 0.717) is 0 Å². The molecule has 1 rings (SSSR count). The van der Waals surface area contributed by atoms with Crippen molar-refractivity contribution in [3.63, 3.8) is 0 Å². The van der Waals surface area contributed by atoms with Gasteiger partial charge in [0.1, 0.15) is 6.10 Å². The fourth-order valence-corrected chi connectivity index (χ4v) is 2.54. The molecule has 0 bridgehead atoms. The number of nitrogens with zero attached hydrogens (tertiary/aromatic N) is 1. The van der Waals surface area contributed by atoms with Crippen molar-refractivity contribution in [1.29, 1.82) is 0 Å². The summed E-state index contributed by atoms with van der Waals surface area (Å²) in [6.45, 7) is 2.00. The first-order valence-corrected chi connectivity index (χ1v) is 5.28. The lowest BCUT2D eigenvalue weighted by atomic mass is 10.3. The topological polar surface area (TPSA) is 22.1 Å². The van der Waals surface area contributed by atoms with E-state index in [1.807, 2.05) is 12.4 Å². The first kappa shape index (κ1) is 9.16. The van der Waals surface area contributed by atoms with Crippen LogP contribution in [0, 0.1) is 6.92 Å². The van der Waals surface area contributed by atoms with Crippen LogP contribution in [0.5, 0.6) is 0 Å². The molecular formula is C7H10BrNOS. The van der Waals surface area contributed by atoms with Gasteiger partial charge in [0, 0.05) is 12.4 Å². The maximum absolute atomic E-state index is 5.25. The Kier molecular flexibility index (Phi) is 3.48. The average molecular weight is 236 g/mol. The third-order valence-electron chi connectivity index (χ3n) is 1.50. The second kappa shape index (κ2) is 4.18. The summed E-state index contributed by atoms with van der Waals surface area (Å²) >= 11 is 5.03. The van der Waals surface area contributed by atoms with Crippen molar-refractivity contribution in [2.24, 2.45) is 0 Å². The van der Waals surface area contributed by atoms with Crippen LogP contribution >= 0.6 is 27.3 Å². The largest absolute Gasteiger partial charge is 0.375 e. The molecule has 0 amide bonds. The Hall–Kier alpha value is 0.0700. The number of hydrogen-bond donors (Lipinski definition) is 0. The van der Waals surface area contributed by atoms with Crippen molar-refractivity contribution < 1.29 is 4.74 Å². The van der Waals surface area contributed by atoms with Crippen LogP contribution in [0.1, 0.15) is 16.7 Å². The molecule has 0 aliphatic rings. The fraction of sp³-hybridized carbons (Fsp3) is 0.571. The lowest BCUT2D eigenvalue weighted by molar-refractivity contribution is 0.126. The molecule has 0 fully saturated rings. The van der Waals surface area contributed by atoms with E-state index >= 15 is 0 Å². The monoisotopic (exact) mass is 235 g/mol. The molecule has 0 aromatic carbocycles. The van der Waals surface area contributed by atoms with E-state index in [9.17, 15) is 0 Å². The van der Waals surface area contributed by atoms with Gasteiger partial charge in [-0.3, -0.25) is 0 Å². The summed E-state index contributed by atoms with van der Waals surface area (Å²) in [4.78, 5) is 5.36. The molecule has 1 aromatic rings. The number of aryl methyl sites for hydroxylation is 1. The summed E-state index contributed by atoms with van der Waals surface area (Å²) in [6.07, 6.45) is 0.155. The summed E-state index contributed by atoms with van der Waals surface area (Å²) in [5.74, 6) is 0. The zero-order valence-corrected chi connectivity index (χ0v) is 8.91. The second-order valence-electron chi connectivity index (χ2n) is 2.18. The Balaban J connectivity index is 2.81. The van der Waals surface area contributed by atoms with Gasteiger partial charge in [-0.15, -0.1) is 11.3 Å². The van der Waals surface area contributed by atoms with Crippen LogP contribution in [0.2, 0.25) is 0 Å². The number of alkyl halides is 1. The molecule has 1 aromatic heterocycles. The molecule has 0 spiro atoms. The van der Waals surface area contributed by atoms with Gasteiger partial charge in [0.25, 0.3) is 0 Å². The van der Waals surface area contributed by atoms with Crippen molar-refractivity contribution in [2.75, 3.05) is 12.4 Å². The summed E-state index contributed by atoms with van der Waals surface area (Å²) in [7, 11) is 1.71. The normalized spacial score (nSPS) is 13.4. The molecule has 1 atom stereocenters. The molecule has 0 saturated carbocycles. The zero-order valence-electron chi connectivity index (χ0n) is 6.50. The number of aromatic nitrogens is 1. The summed E-state index contributed by atoms with van der Waals surface area (Å²) in [5.41, 5.74) is 2.92. The predicted molar refractivity (Wildman–Crippen MR) is 50.4 cm³/mol. The van der Waals surface area contributed by atoms with E-state index in [4.69, 9.17) is 4.74 Å². The third kappa shape index (κ3) is 2.01. The van der Waals surface area contributed by atoms with Gasteiger partial charge in [0.05, 0.1) is 16.1 Å². The van der Waals surface area contributed by atoms with Crippen molar-refractivity contribution in [2.45, 2.75) is 13.0 Å². The van der Waals surface area contributed by atoms with E-state index in [-0.39, 0.29) is 6.10 Å². The highest BCUT2D eigenvalue weighted by atomic mass is 79.9. The highest BCUT2D eigenvalue weighted by molar-refractivity contribution is 9.09. The van der Waals surface area contributed by atoms with Crippen LogP contribution in [0.25, 0.3) is 0 Å². The van der Waals surface area contributed by atoms with Crippen molar-refractivity contribution in [3.05, 3.63) is 16.1 Å². The van der Waals surface area contributed by atoms with Gasteiger partial charge in [-0.2, -0.15) is 0 Å². The molecule has 0 aliphatic heterocycles. The first-order valence-electron chi connectivity index (χ1n) is 3.28. The SMILES string of the molecule is COC(CBr)c1scnc1C. The van der Waals surface area contributed by atoms with Crippen LogP contribution in [0.4, 0.5) is 0 Å². The molecule has 11 heavy (non-hydrogen) atoms.